The first-order chi connectivity index (χ1) is 7.70. The van der Waals surface area contributed by atoms with Crippen LogP contribution in [0.4, 0.5) is 0 Å². The molecule has 1 unspecified atom stereocenters. The molecule has 0 aliphatic heterocycles. The highest BCUT2D eigenvalue weighted by atomic mass is 16.5. The molecule has 3 heteroatoms. The Hall–Kier alpha value is -0.930. The second-order valence-corrected chi connectivity index (χ2v) is 3.89. The minimum atomic E-state index is 0.516. The first kappa shape index (κ1) is 15.1. The van der Waals surface area contributed by atoms with E-state index in [4.69, 9.17) is 4.74 Å². The summed E-state index contributed by atoms with van der Waals surface area (Å²) in [5.41, 5.74) is 0.821. The van der Waals surface area contributed by atoms with Crippen LogP contribution in [0.5, 0.6) is 0 Å². The Morgan fingerprint density at radius 1 is 1.56 bits per heavy atom. The normalized spacial score (nSPS) is 12.9. The highest BCUT2D eigenvalue weighted by Gasteiger charge is 2.01. The number of nitrogens with one attached hydrogen (secondary N) is 1. The zero-order valence-electron chi connectivity index (χ0n) is 10.5. The summed E-state index contributed by atoms with van der Waals surface area (Å²) in [4.78, 5) is 4.08. The zero-order valence-corrected chi connectivity index (χ0v) is 10.5. The summed E-state index contributed by atoms with van der Waals surface area (Å²) < 4.78 is 5.46. The Morgan fingerprint density at radius 3 is 2.94 bits per heavy atom. The average molecular weight is 224 g/mol. The number of nitrogens with zero attached hydrogens (tertiary/aromatic N) is 1. The van der Waals surface area contributed by atoms with Gasteiger partial charge in [0.1, 0.15) is 0 Å². The average Bonchev–Trinajstić information content (AvgIpc) is 2.26. The van der Waals surface area contributed by atoms with Gasteiger partial charge >= 0.3 is 0 Å². The number of hydrogen-bond donors (Lipinski definition) is 1. The molecule has 0 heterocycles. The van der Waals surface area contributed by atoms with Gasteiger partial charge < -0.3 is 10.1 Å². The first-order valence-corrected chi connectivity index (χ1v) is 5.82. The van der Waals surface area contributed by atoms with Crippen LogP contribution in [0.1, 0.15) is 20.3 Å². The molecule has 92 valence electrons. The molecule has 0 radical (unpaired) electrons. The van der Waals surface area contributed by atoms with Crippen molar-refractivity contribution in [3.63, 3.8) is 0 Å². The topological polar surface area (TPSA) is 33.6 Å². The van der Waals surface area contributed by atoms with Gasteiger partial charge in [-0.05, 0) is 12.3 Å². The van der Waals surface area contributed by atoms with E-state index in [1.165, 1.54) is 0 Å². The van der Waals surface area contributed by atoms with Crippen molar-refractivity contribution in [3.05, 3.63) is 24.9 Å². The van der Waals surface area contributed by atoms with Gasteiger partial charge in [-0.3, -0.25) is 4.99 Å². The van der Waals surface area contributed by atoms with Gasteiger partial charge in [-0.25, -0.2) is 0 Å². The SMILES string of the molecule is C=CC=NC(=C)CNCC(C)COCCC. The molecule has 16 heavy (non-hydrogen) atoms. The quantitative estimate of drug-likeness (QED) is 0.457. The van der Waals surface area contributed by atoms with Gasteiger partial charge in [0.25, 0.3) is 0 Å². The molecule has 0 fully saturated rings. The Morgan fingerprint density at radius 2 is 2.31 bits per heavy atom. The lowest BCUT2D eigenvalue weighted by atomic mass is 10.2. The minimum absolute atomic E-state index is 0.516. The van der Waals surface area contributed by atoms with E-state index < -0.39 is 0 Å². The molecule has 0 rings (SSSR count). The van der Waals surface area contributed by atoms with Crippen LogP contribution in [-0.4, -0.2) is 32.5 Å². The van der Waals surface area contributed by atoms with Crippen LogP contribution in [0.25, 0.3) is 0 Å². The van der Waals surface area contributed by atoms with Gasteiger partial charge in [-0.15, -0.1) is 0 Å². The van der Waals surface area contributed by atoms with Crippen molar-refractivity contribution in [2.75, 3.05) is 26.3 Å². The molecule has 0 aromatic rings. The molecule has 0 aliphatic carbocycles. The predicted octanol–water partition coefficient (Wildman–Crippen LogP) is 2.41. The summed E-state index contributed by atoms with van der Waals surface area (Å²) in [5.74, 6) is 0.516. The van der Waals surface area contributed by atoms with E-state index in [0.29, 0.717) is 12.5 Å². The van der Waals surface area contributed by atoms with Crippen LogP contribution < -0.4 is 5.32 Å². The molecule has 0 bridgehead atoms. The number of ether oxygens (including phenoxy) is 1. The van der Waals surface area contributed by atoms with Crippen molar-refractivity contribution in [3.8, 4) is 0 Å². The molecule has 0 saturated heterocycles. The second-order valence-electron chi connectivity index (χ2n) is 3.89. The molecular formula is C13H24N2O. The van der Waals surface area contributed by atoms with Gasteiger partial charge in [-0.1, -0.05) is 33.1 Å². The zero-order chi connectivity index (χ0) is 12.2. The van der Waals surface area contributed by atoms with E-state index in [9.17, 15) is 0 Å². The maximum Gasteiger partial charge on any atom is 0.0503 e. The lowest BCUT2D eigenvalue weighted by Gasteiger charge is -2.12. The van der Waals surface area contributed by atoms with Crippen molar-refractivity contribution in [1.29, 1.82) is 0 Å². The third-order valence-electron chi connectivity index (χ3n) is 1.94. The van der Waals surface area contributed by atoms with Crippen molar-refractivity contribution < 1.29 is 4.74 Å². The fourth-order valence-corrected chi connectivity index (χ4v) is 1.15. The molecule has 0 spiro atoms. The Kier molecular flexibility index (Phi) is 9.97. The molecule has 0 saturated carbocycles. The highest BCUT2D eigenvalue weighted by molar-refractivity contribution is 5.71. The van der Waals surface area contributed by atoms with Gasteiger partial charge in [0.15, 0.2) is 0 Å². The first-order valence-electron chi connectivity index (χ1n) is 5.82. The summed E-state index contributed by atoms with van der Waals surface area (Å²) in [7, 11) is 0. The Labute approximate surface area is 99.3 Å². The fourth-order valence-electron chi connectivity index (χ4n) is 1.15. The van der Waals surface area contributed by atoms with Gasteiger partial charge in [-0.2, -0.15) is 0 Å². The Bertz CT molecular complexity index is 224. The van der Waals surface area contributed by atoms with Crippen LogP contribution in [-0.2, 0) is 4.74 Å². The van der Waals surface area contributed by atoms with Crippen molar-refractivity contribution in [2.45, 2.75) is 20.3 Å². The van der Waals surface area contributed by atoms with Gasteiger partial charge in [0.05, 0.1) is 6.61 Å². The monoisotopic (exact) mass is 224 g/mol. The molecule has 3 nitrogen and oxygen atoms in total. The summed E-state index contributed by atoms with van der Waals surface area (Å²) >= 11 is 0. The molecular weight excluding hydrogens is 200 g/mol. The van der Waals surface area contributed by atoms with Crippen molar-refractivity contribution >= 4 is 6.21 Å². The lowest BCUT2D eigenvalue weighted by molar-refractivity contribution is 0.105. The second kappa shape index (κ2) is 10.6. The standard InChI is InChI=1S/C13H24N2O/c1-5-7-15-13(4)10-14-9-12(3)11-16-8-6-2/h5,7,12,14H,1,4,6,8-11H2,2-3H3. The molecule has 1 N–H and O–H groups in total. The predicted molar refractivity (Wildman–Crippen MR) is 71.0 cm³/mol. The largest absolute Gasteiger partial charge is 0.381 e. The number of rotatable bonds is 10. The van der Waals surface area contributed by atoms with Crippen molar-refractivity contribution in [1.82, 2.24) is 5.32 Å². The third kappa shape index (κ3) is 9.62. The lowest BCUT2D eigenvalue weighted by Crippen LogP contribution is -2.25. The van der Waals surface area contributed by atoms with Crippen LogP contribution >= 0.6 is 0 Å². The van der Waals surface area contributed by atoms with E-state index >= 15 is 0 Å². The molecule has 0 aliphatic rings. The van der Waals surface area contributed by atoms with Crippen LogP contribution in [0, 0.1) is 5.92 Å². The molecule has 0 aromatic heterocycles. The van der Waals surface area contributed by atoms with E-state index in [-0.39, 0.29) is 0 Å². The maximum atomic E-state index is 5.46. The number of hydrogen-bond acceptors (Lipinski definition) is 3. The molecule has 0 amide bonds. The smallest absolute Gasteiger partial charge is 0.0503 e. The fraction of sp³-hybridized carbons (Fsp3) is 0.615. The third-order valence-corrected chi connectivity index (χ3v) is 1.94. The van der Waals surface area contributed by atoms with Crippen molar-refractivity contribution in [2.24, 2.45) is 10.9 Å². The van der Waals surface area contributed by atoms with Crippen LogP contribution in [0.3, 0.4) is 0 Å². The Balaban J connectivity index is 3.46. The summed E-state index contributed by atoms with van der Waals surface area (Å²) in [5, 5.41) is 3.29. The number of allylic oxidation sites excluding steroid dienone is 1. The van der Waals surface area contributed by atoms with Gasteiger partial charge in [0.2, 0.25) is 0 Å². The maximum absolute atomic E-state index is 5.46. The number of aliphatic imine (C=N–C) groups is 1. The van der Waals surface area contributed by atoms with Crippen LogP contribution in [0.15, 0.2) is 29.9 Å². The van der Waals surface area contributed by atoms with Gasteiger partial charge in [0, 0.05) is 31.6 Å². The highest BCUT2D eigenvalue weighted by Crippen LogP contribution is 1.96. The van der Waals surface area contributed by atoms with E-state index in [1.54, 1.807) is 12.3 Å². The minimum Gasteiger partial charge on any atom is -0.381 e. The van der Waals surface area contributed by atoms with E-state index in [1.807, 2.05) is 0 Å². The molecule has 0 aromatic carbocycles. The summed E-state index contributed by atoms with van der Waals surface area (Å²) in [6.45, 7) is 15.0. The molecule has 1 atom stereocenters. The van der Waals surface area contributed by atoms with Crippen LogP contribution in [0.2, 0.25) is 0 Å². The summed E-state index contributed by atoms with van der Waals surface area (Å²) in [6.07, 6.45) is 4.37. The summed E-state index contributed by atoms with van der Waals surface area (Å²) in [6, 6.07) is 0. The van der Waals surface area contributed by atoms with E-state index in [0.717, 1.165) is 31.9 Å². The van der Waals surface area contributed by atoms with E-state index in [2.05, 4.69) is 37.3 Å².